The Morgan fingerprint density at radius 3 is 2.69 bits per heavy atom. The minimum atomic E-state index is -0.556. The van der Waals surface area contributed by atoms with Crippen LogP contribution in [0.15, 0.2) is 22.7 Å². The average Bonchev–Trinajstić information content (AvgIpc) is 3.48. The fraction of sp³-hybridized carbons (Fsp3) is 0.364. The van der Waals surface area contributed by atoms with Crippen molar-refractivity contribution in [3.63, 3.8) is 0 Å². The number of benzene rings is 1. The monoisotopic (exact) mass is 457 g/mol. The molecule has 1 fully saturated rings. The molecule has 2 heterocycles. The van der Waals surface area contributed by atoms with Crippen molar-refractivity contribution in [1.29, 1.82) is 0 Å². The van der Waals surface area contributed by atoms with E-state index in [9.17, 15) is 9.59 Å². The van der Waals surface area contributed by atoms with Crippen molar-refractivity contribution in [2.24, 2.45) is 5.92 Å². The van der Waals surface area contributed by atoms with E-state index in [2.05, 4.69) is 15.5 Å². The lowest BCUT2D eigenvalue weighted by molar-refractivity contribution is -0.117. The lowest BCUT2D eigenvalue weighted by Gasteiger charge is -2.07. The number of hydrogen-bond donors (Lipinski definition) is 1. The highest BCUT2D eigenvalue weighted by Gasteiger charge is 2.32. The molecule has 3 aromatic rings. The molecule has 1 saturated carbocycles. The molecule has 4 rings (SSSR count). The number of aryl methyl sites for hydroxylation is 1. The highest BCUT2D eigenvalue weighted by Crippen LogP contribution is 2.36. The van der Waals surface area contributed by atoms with E-state index in [4.69, 9.17) is 18.7 Å². The molecule has 1 amide bonds. The van der Waals surface area contributed by atoms with E-state index in [0.717, 1.165) is 23.3 Å². The zero-order chi connectivity index (χ0) is 22.8. The number of carbonyl (C=O) groups excluding carboxylic acids is 2. The molecule has 1 N–H and O–H groups in total. The number of amides is 1. The Labute approximate surface area is 188 Å². The summed E-state index contributed by atoms with van der Waals surface area (Å²) in [4.78, 5) is 30.2. The normalized spacial score (nSPS) is 13.0. The number of nitrogens with zero attached hydrogens (tertiary/aromatic N) is 2. The van der Waals surface area contributed by atoms with Crippen molar-refractivity contribution >= 4 is 28.2 Å². The van der Waals surface area contributed by atoms with E-state index < -0.39 is 5.97 Å². The highest BCUT2D eigenvalue weighted by molar-refractivity contribution is 7.16. The van der Waals surface area contributed by atoms with Gasteiger partial charge in [-0.05, 0) is 44.4 Å². The fourth-order valence-electron chi connectivity index (χ4n) is 3.13. The van der Waals surface area contributed by atoms with Crippen LogP contribution in [-0.4, -0.2) is 36.2 Å². The van der Waals surface area contributed by atoms with Crippen molar-refractivity contribution in [2.45, 2.75) is 33.3 Å². The Kier molecular flexibility index (Phi) is 6.13. The van der Waals surface area contributed by atoms with Crippen LogP contribution in [0.25, 0.3) is 11.4 Å². The van der Waals surface area contributed by atoms with E-state index in [-0.39, 0.29) is 24.3 Å². The van der Waals surface area contributed by atoms with Gasteiger partial charge in [-0.3, -0.25) is 4.79 Å². The van der Waals surface area contributed by atoms with Crippen LogP contribution in [0.4, 0.5) is 5.00 Å². The lowest BCUT2D eigenvalue weighted by Crippen LogP contribution is -2.16. The number of anilines is 1. The Balaban J connectivity index is 1.47. The largest absolute Gasteiger partial charge is 0.497 e. The molecule has 2 aromatic heterocycles. The smallest absolute Gasteiger partial charge is 0.341 e. The summed E-state index contributed by atoms with van der Waals surface area (Å²) in [5.74, 6) is 1.02. The standard InChI is InChI=1S/C22H23N3O6S/c1-11-12(2)32-21(24-20(26)13-5-6-13)18(11)22(27)30-10-17-23-19(25-31-17)15-8-7-14(28-3)9-16(15)29-4/h7-9,13H,5-6,10H2,1-4H3,(H,24,26). The van der Waals surface area contributed by atoms with Gasteiger partial charge in [0.2, 0.25) is 11.7 Å². The number of ether oxygens (including phenoxy) is 3. The first-order chi connectivity index (χ1) is 15.4. The summed E-state index contributed by atoms with van der Waals surface area (Å²) in [6, 6.07) is 5.22. The molecule has 1 aliphatic rings. The van der Waals surface area contributed by atoms with Crippen LogP contribution in [0.3, 0.4) is 0 Å². The minimum absolute atomic E-state index is 0.0355. The summed E-state index contributed by atoms with van der Waals surface area (Å²) in [6.45, 7) is 3.53. The molecular weight excluding hydrogens is 434 g/mol. The number of rotatable bonds is 8. The van der Waals surface area contributed by atoms with Gasteiger partial charge in [-0.15, -0.1) is 11.3 Å². The van der Waals surface area contributed by atoms with Crippen molar-refractivity contribution in [3.05, 3.63) is 40.1 Å². The molecule has 0 aliphatic heterocycles. The molecule has 168 valence electrons. The molecular formula is C22H23N3O6S. The van der Waals surface area contributed by atoms with E-state index in [1.807, 2.05) is 13.8 Å². The Morgan fingerprint density at radius 2 is 2.00 bits per heavy atom. The first-order valence-electron chi connectivity index (χ1n) is 10.0. The molecule has 0 spiro atoms. The number of aromatic nitrogens is 2. The Bertz CT molecular complexity index is 1160. The average molecular weight is 458 g/mol. The maximum Gasteiger partial charge on any atom is 0.341 e. The van der Waals surface area contributed by atoms with Crippen LogP contribution in [0.2, 0.25) is 0 Å². The molecule has 0 radical (unpaired) electrons. The predicted octanol–water partition coefficient (Wildman–Crippen LogP) is 4.14. The number of carbonyl (C=O) groups is 2. The fourth-order valence-corrected chi connectivity index (χ4v) is 4.18. The van der Waals surface area contributed by atoms with Crippen LogP contribution >= 0.6 is 11.3 Å². The highest BCUT2D eigenvalue weighted by atomic mass is 32.1. The van der Waals surface area contributed by atoms with Gasteiger partial charge in [0, 0.05) is 16.9 Å². The Hall–Kier alpha value is -3.40. The third-order valence-corrected chi connectivity index (χ3v) is 6.34. The third-order valence-electron chi connectivity index (χ3n) is 5.22. The number of esters is 1. The summed E-state index contributed by atoms with van der Waals surface area (Å²) < 4.78 is 21.2. The van der Waals surface area contributed by atoms with Crippen LogP contribution < -0.4 is 14.8 Å². The van der Waals surface area contributed by atoms with Gasteiger partial charge in [-0.25, -0.2) is 4.79 Å². The molecule has 10 heteroatoms. The molecule has 0 bridgehead atoms. The molecule has 0 saturated heterocycles. The molecule has 0 unspecified atom stereocenters. The number of hydrogen-bond acceptors (Lipinski definition) is 9. The van der Waals surface area contributed by atoms with Gasteiger partial charge in [-0.1, -0.05) is 5.16 Å². The second-order valence-corrected chi connectivity index (χ2v) is 8.63. The second-order valence-electron chi connectivity index (χ2n) is 7.40. The summed E-state index contributed by atoms with van der Waals surface area (Å²) >= 11 is 1.36. The van der Waals surface area contributed by atoms with Gasteiger partial charge in [-0.2, -0.15) is 4.98 Å². The third kappa shape index (κ3) is 4.45. The topological polar surface area (TPSA) is 113 Å². The minimum Gasteiger partial charge on any atom is -0.497 e. The first kappa shape index (κ1) is 21.8. The molecule has 1 aliphatic carbocycles. The summed E-state index contributed by atoms with van der Waals surface area (Å²) in [5, 5.41) is 7.33. The number of thiophene rings is 1. The Morgan fingerprint density at radius 1 is 1.22 bits per heavy atom. The van der Waals surface area contributed by atoms with Gasteiger partial charge < -0.3 is 24.1 Å². The van der Waals surface area contributed by atoms with Crippen LogP contribution in [0.1, 0.15) is 39.5 Å². The number of methoxy groups -OCH3 is 2. The predicted molar refractivity (Wildman–Crippen MR) is 117 cm³/mol. The summed E-state index contributed by atoms with van der Waals surface area (Å²) in [6.07, 6.45) is 1.76. The zero-order valence-corrected chi connectivity index (χ0v) is 19.0. The van der Waals surface area contributed by atoms with Crippen LogP contribution in [0, 0.1) is 19.8 Å². The SMILES string of the molecule is COc1ccc(-c2noc(COC(=O)c3c(NC(=O)C4CC4)sc(C)c3C)n2)c(OC)c1. The van der Waals surface area contributed by atoms with Gasteiger partial charge in [0.1, 0.15) is 16.5 Å². The molecule has 32 heavy (non-hydrogen) atoms. The summed E-state index contributed by atoms with van der Waals surface area (Å²) in [7, 11) is 3.10. The maximum absolute atomic E-state index is 12.8. The van der Waals surface area contributed by atoms with Gasteiger partial charge in [0.25, 0.3) is 5.89 Å². The van der Waals surface area contributed by atoms with Crippen molar-refractivity contribution in [3.8, 4) is 22.9 Å². The number of nitrogens with one attached hydrogen (secondary N) is 1. The van der Waals surface area contributed by atoms with E-state index in [0.29, 0.717) is 33.5 Å². The van der Waals surface area contributed by atoms with Gasteiger partial charge >= 0.3 is 5.97 Å². The van der Waals surface area contributed by atoms with Crippen molar-refractivity contribution < 1.29 is 28.3 Å². The maximum atomic E-state index is 12.8. The van der Waals surface area contributed by atoms with E-state index >= 15 is 0 Å². The lowest BCUT2D eigenvalue weighted by atomic mass is 10.1. The molecule has 0 atom stereocenters. The van der Waals surface area contributed by atoms with Gasteiger partial charge in [0.15, 0.2) is 6.61 Å². The summed E-state index contributed by atoms with van der Waals surface area (Å²) in [5.41, 5.74) is 1.75. The van der Waals surface area contributed by atoms with E-state index in [1.54, 1.807) is 25.3 Å². The van der Waals surface area contributed by atoms with Gasteiger partial charge in [0.05, 0.1) is 25.3 Å². The van der Waals surface area contributed by atoms with Crippen LogP contribution in [-0.2, 0) is 16.1 Å². The first-order valence-corrected chi connectivity index (χ1v) is 10.9. The second kappa shape index (κ2) is 8.99. The van der Waals surface area contributed by atoms with Crippen molar-refractivity contribution in [1.82, 2.24) is 10.1 Å². The van der Waals surface area contributed by atoms with E-state index in [1.165, 1.54) is 18.4 Å². The molecule has 1 aromatic carbocycles. The zero-order valence-electron chi connectivity index (χ0n) is 18.2. The van der Waals surface area contributed by atoms with Crippen molar-refractivity contribution in [2.75, 3.05) is 19.5 Å². The quantitative estimate of drug-likeness (QED) is 0.502. The molecule has 9 nitrogen and oxygen atoms in total. The van der Waals surface area contributed by atoms with Crippen LogP contribution in [0.5, 0.6) is 11.5 Å².